The van der Waals surface area contributed by atoms with Gasteiger partial charge in [0, 0.05) is 43.3 Å². The van der Waals surface area contributed by atoms with E-state index in [1.165, 1.54) is 16.6 Å². The first-order chi connectivity index (χ1) is 12.2. The van der Waals surface area contributed by atoms with E-state index in [1.807, 2.05) is 11.0 Å². The Labute approximate surface area is 155 Å². The fourth-order valence-corrected chi connectivity index (χ4v) is 4.98. The fraction of sp³-hybridized carbons (Fsp3) is 0.526. The highest BCUT2D eigenvalue weighted by Crippen LogP contribution is 2.24. The van der Waals surface area contributed by atoms with Gasteiger partial charge in [-0.15, -0.1) is 0 Å². The van der Waals surface area contributed by atoms with Gasteiger partial charge in [-0.1, -0.05) is 18.2 Å². The number of guanidine groups is 1. The molecule has 0 unspecified atom stereocenters. The van der Waals surface area contributed by atoms with E-state index in [0.717, 1.165) is 24.4 Å². The van der Waals surface area contributed by atoms with Crippen molar-refractivity contribution in [2.24, 2.45) is 4.99 Å². The van der Waals surface area contributed by atoms with E-state index in [9.17, 15) is 8.42 Å². The Bertz CT molecular complexity index is 928. The van der Waals surface area contributed by atoms with Crippen molar-refractivity contribution >= 4 is 26.7 Å². The largest absolute Gasteiger partial charge is 0.358 e. The van der Waals surface area contributed by atoms with Crippen LogP contribution in [0.3, 0.4) is 0 Å². The van der Waals surface area contributed by atoms with Gasteiger partial charge in [0.15, 0.2) is 15.8 Å². The van der Waals surface area contributed by atoms with Gasteiger partial charge >= 0.3 is 0 Å². The van der Waals surface area contributed by atoms with Crippen molar-refractivity contribution in [1.82, 2.24) is 15.2 Å². The van der Waals surface area contributed by atoms with Crippen LogP contribution in [-0.2, 0) is 16.3 Å². The third-order valence-electron chi connectivity index (χ3n) is 5.24. The van der Waals surface area contributed by atoms with Gasteiger partial charge in [-0.05, 0) is 38.8 Å². The van der Waals surface area contributed by atoms with Gasteiger partial charge in [0.2, 0.25) is 0 Å². The first kappa shape index (κ1) is 18.8. The number of hydrogen-bond acceptors (Lipinski definition) is 3. The second-order valence-electron chi connectivity index (χ2n) is 7.50. The number of nitrogens with one attached hydrogen (secondary N) is 2. The van der Waals surface area contributed by atoms with Crippen molar-refractivity contribution in [2.75, 3.05) is 32.4 Å². The van der Waals surface area contributed by atoms with Crippen molar-refractivity contribution in [3.8, 4) is 0 Å². The number of nitrogens with zero attached hydrogens (tertiary/aromatic N) is 2. The summed E-state index contributed by atoms with van der Waals surface area (Å²) in [6, 6.07) is 8.32. The number of para-hydroxylation sites is 1. The van der Waals surface area contributed by atoms with Crippen LogP contribution in [0, 0.1) is 6.92 Å². The molecule has 1 aliphatic rings. The van der Waals surface area contributed by atoms with Crippen LogP contribution in [0.5, 0.6) is 0 Å². The molecule has 0 amide bonds. The van der Waals surface area contributed by atoms with E-state index in [1.54, 1.807) is 20.9 Å². The lowest BCUT2D eigenvalue weighted by Gasteiger charge is -2.39. The topological polar surface area (TPSA) is 77.6 Å². The molecule has 26 heavy (non-hydrogen) atoms. The van der Waals surface area contributed by atoms with Gasteiger partial charge in [-0.25, -0.2) is 8.42 Å². The third kappa shape index (κ3) is 3.45. The SMILES string of the molecule is CN=C(NCCc1c(C)[nH]c2ccccc12)N1CCS(=O)(=O)C(C)(C)C1. The maximum absolute atomic E-state index is 12.2. The molecule has 0 bridgehead atoms. The summed E-state index contributed by atoms with van der Waals surface area (Å²) in [5.41, 5.74) is 3.66. The minimum Gasteiger partial charge on any atom is -0.358 e. The van der Waals surface area contributed by atoms with Gasteiger partial charge in [-0.2, -0.15) is 0 Å². The molecule has 0 aliphatic carbocycles. The number of sulfone groups is 1. The highest BCUT2D eigenvalue weighted by Gasteiger charge is 2.40. The number of aryl methyl sites for hydroxylation is 1. The average Bonchev–Trinajstić information content (AvgIpc) is 2.90. The number of hydrogen-bond donors (Lipinski definition) is 2. The Balaban J connectivity index is 1.66. The van der Waals surface area contributed by atoms with E-state index < -0.39 is 14.6 Å². The molecule has 1 fully saturated rings. The second kappa shape index (κ2) is 6.95. The number of aromatic nitrogens is 1. The number of rotatable bonds is 3. The summed E-state index contributed by atoms with van der Waals surface area (Å²) >= 11 is 0. The van der Waals surface area contributed by atoms with Crippen LogP contribution in [0.4, 0.5) is 0 Å². The van der Waals surface area contributed by atoms with Crippen LogP contribution in [0.25, 0.3) is 10.9 Å². The fourth-order valence-electron chi connectivity index (χ4n) is 3.61. The van der Waals surface area contributed by atoms with Gasteiger partial charge < -0.3 is 15.2 Å². The maximum atomic E-state index is 12.2. The average molecular weight is 377 g/mol. The Morgan fingerprint density at radius 1 is 1.35 bits per heavy atom. The van der Waals surface area contributed by atoms with E-state index >= 15 is 0 Å². The monoisotopic (exact) mass is 376 g/mol. The molecule has 3 rings (SSSR count). The Kier molecular flexibility index (Phi) is 5.01. The van der Waals surface area contributed by atoms with Crippen LogP contribution in [0.2, 0.25) is 0 Å². The second-order valence-corrected chi connectivity index (χ2v) is 10.2. The summed E-state index contributed by atoms with van der Waals surface area (Å²) in [7, 11) is -1.30. The number of benzene rings is 1. The first-order valence-corrected chi connectivity index (χ1v) is 10.6. The van der Waals surface area contributed by atoms with E-state index in [2.05, 4.69) is 40.4 Å². The lowest BCUT2D eigenvalue weighted by atomic mass is 10.1. The molecule has 2 N–H and O–H groups in total. The van der Waals surface area contributed by atoms with Crippen molar-refractivity contribution in [3.63, 3.8) is 0 Å². The Morgan fingerprint density at radius 2 is 2.08 bits per heavy atom. The lowest BCUT2D eigenvalue weighted by Crippen LogP contribution is -2.57. The summed E-state index contributed by atoms with van der Waals surface area (Å²) in [5, 5.41) is 4.66. The highest BCUT2D eigenvalue weighted by molar-refractivity contribution is 7.92. The first-order valence-electron chi connectivity index (χ1n) is 8.99. The molecule has 1 saturated heterocycles. The number of aromatic amines is 1. The van der Waals surface area contributed by atoms with E-state index in [-0.39, 0.29) is 5.75 Å². The normalized spacial score (nSPS) is 19.7. The Hall–Kier alpha value is -2.02. The Morgan fingerprint density at radius 3 is 2.77 bits per heavy atom. The highest BCUT2D eigenvalue weighted by atomic mass is 32.2. The molecule has 1 aromatic carbocycles. The minimum atomic E-state index is -3.05. The number of aliphatic imine (C=N–C) groups is 1. The molecular weight excluding hydrogens is 348 g/mol. The standard InChI is InChI=1S/C19H28N4O2S/c1-14-15(16-7-5-6-8-17(16)22-14)9-10-21-18(20-4)23-11-12-26(24,25)19(2,3)13-23/h5-8,22H,9-13H2,1-4H3,(H,20,21). The van der Waals surface area contributed by atoms with Crippen LogP contribution < -0.4 is 5.32 Å². The molecule has 6 nitrogen and oxygen atoms in total. The third-order valence-corrected chi connectivity index (χ3v) is 7.77. The summed E-state index contributed by atoms with van der Waals surface area (Å²) in [6.45, 7) is 7.37. The van der Waals surface area contributed by atoms with Crippen LogP contribution >= 0.6 is 0 Å². The van der Waals surface area contributed by atoms with Crippen molar-refractivity contribution in [1.29, 1.82) is 0 Å². The predicted octanol–water partition coefficient (Wildman–Crippen LogP) is 2.10. The van der Waals surface area contributed by atoms with Gasteiger partial charge in [0.1, 0.15) is 0 Å². The number of H-pyrrole nitrogens is 1. The zero-order valence-electron chi connectivity index (χ0n) is 16.0. The summed E-state index contributed by atoms with van der Waals surface area (Å²) in [6.07, 6.45) is 0.879. The molecule has 2 aromatic rings. The number of fused-ring (bicyclic) bond motifs is 1. The van der Waals surface area contributed by atoms with Crippen LogP contribution in [0.1, 0.15) is 25.1 Å². The molecule has 1 aromatic heterocycles. The molecule has 0 atom stereocenters. The molecule has 0 spiro atoms. The van der Waals surface area contributed by atoms with E-state index in [0.29, 0.717) is 13.1 Å². The maximum Gasteiger partial charge on any atom is 0.193 e. The predicted molar refractivity (Wildman–Crippen MR) is 108 cm³/mol. The minimum absolute atomic E-state index is 0.169. The lowest BCUT2D eigenvalue weighted by molar-refractivity contribution is 0.353. The zero-order valence-corrected chi connectivity index (χ0v) is 16.8. The van der Waals surface area contributed by atoms with Crippen LogP contribution in [-0.4, -0.2) is 61.4 Å². The van der Waals surface area contributed by atoms with Crippen molar-refractivity contribution in [3.05, 3.63) is 35.5 Å². The van der Waals surface area contributed by atoms with Crippen molar-refractivity contribution < 1.29 is 8.42 Å². The summed E-state index contributed by atoms with van der Waals surface area (Å²) < 4.78 is 23.6. The summed E-state index contributed by atoms with van der Waals surface area (Å²) in [4.78, 5) is 9.83. The molecule has 0 saturated carbocycles. The van der Waals surface area contributed by atoms with Gasteiger partial charge in [0.05, 0.1) is 10.5 Å². The molecule has 7 heteroatoms. The molecule has 0 radical (unpaired) electrons. The quantitative estimate of drug-likeness (QED) is 0.635. The molecular formula is C19H28N4O2S. The van der Waals surface area contributed by atoms with Gasteiger partial charge in [0.25, 0.3) is 0 Å². The molecule has 2 heterocycles. The summed E-state index contributed by atoms with van der Waals surface area (Å²) in [5.74, 6) is 0.938. The van der Waals surface area contributed by atoms with Gasteiger partial charge in [-0.3, -0.25) is 4.99 Å². The van der Waals surface area contributed by atoms with Crippen LogP contribution in [0.15, 0.2) is 29.3 Å². The molecule has 142 valence electrons. The zero-order chi connectivity index (χ0) is 18.9. The van der Waals surface area contributed by atoms with E-state index in [4.69, 9.17) is 0 Å². The van der Waals surface area contributed by atoms with Crippen molar-refractivity contribution in [2.45, 2.75) is 31.9 Å². The molecule has 1 aliphatic heterocycles. The smallest absolute Gasteiger partial charge is 0.193 e.